The molecule has 1 aromatic heterocycles. The van der Waals surface area contributed by atoms with Gasteiger partial charge in [0.05, 0.1) is 12.5 Å². The van der Waals surface area contributed by atoms with Crippen molar-refractivity contribution in [1.29, 1.82) is 0 Å². The molecule has 0 fully saturated rings. The zero-order valence-electron chi connectivity index (χ0n) is 13.8. The van der Waals surface area contributed by atoms with E-state index in [1.807, 2.05) is 60.8 Å². The molecule has 1 atom stereocenters. The number of nitrogens with one attached hydrogen (secondary N) is 2. The Labute approximate surface area is 145 Å². The maximum atomic E-state index is 12.2. The number of primary amides is 1. The van der Waals surface area contributed by atoms with E-state index in [1.54, 1.807) is 0 Å². The summed E-state index contributed by atoms with van der Waals surface area (Å²) in [4.78, 5) is 26.2. The molecular weight excluding hydrogens is 324 g/mol. The minimum absolute atomic E-state index is 0.140. The second-order valence-electron chi connectivity index (χ2n) is 5.62. The summed E-state index contributed by atoms with van der Waals surface area (Å²) < 4.78 is 0. The third-order valence-electron chi connectivity index (χ3n) is 3.54. The van der Waals surface area contributed by atoms with Gasteiger partial charge in [0, 0.05) is 31.2 Å². The van der Waals surface area contributed by atoms with Crippen LogP contribution in [0.4, 0.5) is 10.5 Å². The second-order valence-corrected chi connectivity index (χ2v) is 6.60. The van der Waals surface area contributed by atoms with Crippen LogP contribution in [0, 0.1) is 0 Å². The van der Waals surface area contributed by atoms with Crippen LogP contribution >= 0.6 is 11.3 Å². The number of nitrogens with zero attached hydrogens (tertiary/aromatic N) is 1. The van der Waals surface area contributed by atoms with Crippen LogP contribution < -0.4 is 21.3 Å². The molecule has 0 spiro atoms. The van der Waals surface area contributed by atoms with Crippen molar-refractivity contribution >= 4 is 29.0 Å². The van der Waals surface area contributed by atoms with Gasteiger partial charge >= 0.3 is 6.03 Å². The van der Waals surface area contributed by atoms with E-state index in [-0.39, 0.29) is 12.3 Å². The van der Waals surface area contributed by atoms with Crippen LogP contribution in [0.2, 0.25) is 0 Å². The summed E-state index contributed by atoms with van der Waals surface area (Å²) in [5, 5.41) is 7.39. The fourth-order valence-corrected chi connectivity index (χ4v) is 3.03. The van der Waals surface area contributed by atoms with Crippen LogP contribution in [-0.2, 0) is 11.3 Å². The average molecular weight is 346 g/mol. The fourth-order valence-electron chi connectivity index (χ4n) is 2.25. The fraction of sp³-hybridized carbons (Fsp3) is 0.294. The molecule has 1 unspecified atom stereocenters. The number of anilines is 1. The number of rotatable bonds is 7. The number of hydrogen-bond acceptors (Lipinski definition) is 4. The molecule has 0 aliphatic heterocycles. The van der Waals surface area contributed by atoms with Crippen LogP contribution in [0.5, 0.6) is 0 Å². The predicted octanol–water partition coefficient (Wildman–Crippen LogP) is 2.23. The quantitative estimate of drug-likeness (QED) is 0.718. The zero-order valence-corrected chi connectivity index (χ0v) is 14.6. The van der Waals surface area contributed by atoms with Crippen LogP contribution in [-0.4, -0.2) is 26.0 Å². The third-order valence-corrected chi connectivity index (χ3v) is 4.52. The minimum atomic E-state index is -0.638. The summed E-state index contributed by atoms with van der Waals surface area (Å²) in [5.74, 6) is -0.140. The lowest BCUT2D eigenvalue weighted by Crippen LogP contribution is -2.36. The van der Waals surface area contributed by atoms with Gasteiger partial charge in [0.1, 0.15) is 0 Å². The van der Waals surface area contributed by atoms with Gasteiger partial charge in [-0.15, -0.1) is 11.3 Å². The van der Waals surface area contributed by atoms with Gasteiger partial charge in [-0.3, -0.25) is 4.79 Å². The molecule has 2 aromatic rings. The Kier molecular flexibility index (Phi) is 6.20. The molecule has 0 aliphatic rings. The monoisotopic (exact) mass is 346 g/mol. The topological polar surface area (TPSA) is 87.5 Å². The highest BCUT2D eigenvalue weighted by Gasteiger charge is 2.18. The molecule has 1 aromatic carbocycles. The van der Waals surface area contributed by atoms with Crippen LogP contribution in [0.15, 0.2) is 41.8 Å². The molecule has 3 amide bonds. The summed E-state index contributed by atoms with van der Waals surface area (Å²) in [6.45, 7) is 0.445. The highest BCUT2D eigenvalue weighted by Crippen LogP contribution is 2.22. The molecule has 4 N–H and O–H groups in total. The van der Waals surface area contributed by atoms with Gasteiger partial charge < -0.3 is 21.3 Å². The van der Waals surface area contributed by atoms with E-state index in [1.165, 1.54) is 11.3 Å². The molecule has 0 saturated heterocycles. The van der Waals surface area contributed by atoms with E-state index in [4.69, 9.17) is 5.73 Å². The molecule has 24 heavy (non-hydrogen) atoms. The van der Waals surface area contributed by atoms with Crippen molar-refractivity contribution in [3.63, 3.8) is 0 Å². The SMILES string of the molecule is CN(C)c1ccc(CNC(=O)CC(NC(N)=O)c2cccs2)cc1. The molecule has 0 saturated carbocycles. The number of amides is 3. The van der Waals surface area contributed by atoms with Gasteiger partial charge in [0.2, 0.25) is 5.91 Å². The Morgan fingerprint density at radius 1 is 1.21 bits per heavy atom. The highest BCUT2D eigenvalue weighted by molar-refractivity contribution is 7.10. The van der Waals surface area contributed by atoms with Crippen molar-refractivity contribution in [3.8, 4) is 0 Å². The van der Waals surface area contributed by atoms with Crippen molar-refractivity contribution in [2.45, 2.75) is 19.0 Å². The normalized spacial score (nSPS) is 11.6. The van der Waals surface area contributed by atoms with E-state index >= 15 is 0 Å². The number of benzene rings is 1. The van der Waals surface area contributed by atoms with E-state index in [2.05, 4.69) is 10.6 Å². The second kappa shape index (κ2) is 8.35. The molecule has 6 nitrogen and oxygen atoms in total. The number of urea groups is 1. The number of carbonyl (C=O) groups is 2. The largest absolute Gasteiger partial charge is 0.378 e. The first kappa shape index (κ1) is 17.8. The Morgan fingerprint density at radius 3 is 2.46 bits per heavy atom. The van der Waals surface area contributed by atoms with Crippen molar-refractivity contribution in [2.75, 3.05) is 19.0 Å². The first-order valence-corrected chi connectivity index (χ1v) is 8.46. The molecular formula is C17H22N4O2S. The lowest BCUT2D eigenvalue weighted by Gasteiger charge is -2.16. The number of hydrogen-bond donors (Lipinski definition) is 3. The van der Waals surface area contributed by atoms with Gasteiger partial charge in [0.15, 0.2) is 0 Å². The van der Waals surface area contributed by atoms with Crippen LogP contribution in [0.3, 0.4) is 0 Å². The first-order valence-electron chi connectivity index (χ1n) is 7.58. The lowest BCUT2D eigenvalue weighted by atomic mass is 10.1. The Bertz CT molecular complexity index is 668. The molecule has 0 radical (unpaired) electrons. The van der Waals surface area contributed by atoms with Gasteiger partial charge in [-0.2, -0.15) is 0 Å². The van der Waals surface area contributed by atoms with E-state index in [0.29, 0.717) is 6.54 Å². The predicted molar refractivity (Wildman–Crippen MR) is 97.0 cm³/mol. The third kappa shape index (κ3) is 5.27. The molecule has 2 rings (SSSR count). The highest BCUT2D eigenvalue weighted by atomic mass is 32.1. The standard InChI is InChI=1S/C17H22N4O2S/c1-21(2)13-7-5-12(6-8-13)11-19-16(22)10-14(20-17(18)23)15-4-3-9-24-15/h3-9,14H,10-11H2,1-2H3,(H,19,22)(H3,18,20,23). The first-order chi connectivity index (χ1) is 11.5. The van der Waals surface area contributed by atoms with E-state index in [0.717, 1.165) is 16.1 Å². The number of thiophene rings is 1. The summed E-state index contributed by atoms with van der Waals surface area (Å²) in [5.41, 5.74) is 7.32. The molecule has 7 heteroatoms. The van der Waals surface area contributed by atoms with Crippen molar-refractivity contribution < 1.29 is 9.59 Å². The van der Waals surface area contributed by atoms with Gasteiger partial charge in [-0.25, -0.2) is 4.79 Å². The molecule has 1 heterocycles. The maximum absolute atomic E-state index is 12.2. The number of carbonyl (C=O) groups excluding carboxylic acids is 2. The maximum Gasteiger partial charge on any atom is 0.312 e. The van der Waals surface area contributed by atoms with Gasteiger partial charge in [-0.05, 0) is 29.1 Å². The van der Waals surface area contributed by atoms with Crippen molar-refractivity contribution in [3.05, 3.63) is 52.2 Å². The Morgan fingerprint density at radius 2 is 1.92 bits per heavy atom. The van der Waals surface area contributed by atoms with Crippen molar-refractivity contribution in [2.24, 2.45) is 5.73 Å². The Hall–Kier alpha value is -2.54. The number of nitrogens with two attached hydrogens (primary N) is 1. The van der Waals surface area contributed by atoms with Crippen LogP contribution in [0.1, 0.15) is 22.9 Å². The molecule has 128 valence electrons. The van der Waals surface area contributed by atoms with Gasteiger partial charge in [-0.1, -0.05) is 18.2 Å². The lowest BCUT2D eigenvalue weighted by molar-refractivity contribution is -0.121. The summed E-state index contributed by atoms with van der Waals surface area (Å²) in [7, 11) is 3.96. The molecule has 0 bridgehead atoms. The van der Waals surface area contributed by atoms with E-state index in [9.17, 15) is 9.59 Å². The molecule has 0 aliphatic carbocycles. The van der Waals surface area contributed by atoms with Crippen LogP contribution in [0.25, 0.3) is 0 Å². The smallest absolute Gasteiger partial charge is 0.312 e. The summed E-state index contributed by atoms with van der Waals surface area (Å²) >= 11 is 1.48. The summed E-state index contributed by atoms with van der Waals surface area (Å²) in [6.07, 6.45) is 0.152. The van der Waals surface area contributed by atoms with Gasteiger partial charge in [0.25, 0.3) is 0 Å². The average Bonchev–Trinajstić information content (AvgIpc) is 3.06. The minimum Gasteiger partial charge on any atom is -0.378 e. The summed E-state index contributed by atoms with van der Waals surface area (Å²) in [6, 6.07) is 10.7. The van der Waals surface area contributed by atoms with E-state index < -0.39 is 12.1 Å². The Balaban J connectivity index is 1.90. The zero-order chi connectivity index (χ0) is 17.5. The van der Waals surface area contributed by atoms with Crippen molar-refractivity contribution in [1.82, 2.24) is 10.6 Å².